The average molecular weight is 361 g/mol. The molecule has 0 atom stereocenters. The Bertz CT molecular complexity index is 788. The summed E-state index contributed by atoms with van der Waals surface area (Å²) < 4.78 is 5.46. The number of thiophene rings is 2. The monoisotopic (exact) mass is 360 g/mol. The molecule has 2 nitrogen and oxygen atoms in total. The molecular weight excluding hydrogens is 348 g/mol. The van der Waals surface area contributed by atoms with Crippen molar-refractivity contribution in [3.05, 3.63) is 79.6 Å². The van der Waals surface area contributed by atoms with Crippen LogP contribution in [-0.2, 0) is 16.1 Å². The van der Waals surface area contributed by atoms with E-state index in [1.54, 1.807) is 23.5 Å². The van der Waals surface area contributed by atoms with Gasteiger partial charge in [-0.3, -0.25) is 0 Å². The van der Waals surface area contributed by atoms with Crippen molar-refractivity contribution in [2.45, 2.75) is 6.61 Å². The van der Waals surface area contributed by atoms with E-state index in [9.17, 15) is 4.79 Å². The number of halogens is 1. The molecule has 3 aromatic rings. The van der Waals surface area contributed by atoms with Gasteiger partial charge in [0.05, 0.1) is 5.57 Å². The molecule has 0 N–H and O–H groups in total. The first-order valence-electron chi connectivity index (χ1n) is 6.93. The molecular formula is C18H13ClO2S2. The van der Waals surface area contributed by atoms with Gasteiger partial charge in [0.25, 0.3) is 0 Å². The second-order valence-corrected chi connectivity index (χ2v) is 7.12. The normalized spacial score (nSPS) is 11.4. The van der Waals surface area contributed by atoms with Gasteiger partial charge in [-0.05, 0) is 46.7 Å². The fraction of sp³-hybridized carbons (Fsp3) is 0.0556. The molecule has 0 saturated carbocycles. The van der Waals surface area contributed by atoms with Gasteiger partial charge in [0.15, 0.2) is 0 Å². The standard InChI is InChI=1S/C18H13ClO2S2/c19-14-7-5-13(6-8-14)12-21-18(20)16(17-4-2-10-23-17)11-15-3-1-9-22-15/h1-11H,12H2/b16-11+. The van der Waals surface area contributed by atoms with E-state index in [1.165, 1.54) is 11.3 Å². The van der Waals surface area contributed by atoms with E-state index in [4.69, 9.17) is 16.3 Å². The van der Waals surface area contributed by atoms with Crippen LogP contribution in [0.3, 0.4) is 0 Å². The Morgan fingerprint density at radius 1 is 1.04 bits per heavy atom. The minimum absolute atomic E-state index is 0.225. The first-order chi connectivity index (χ1) is 11.2. The number of carbonyl (C=O) groups is 1. The highest BCUT2D eigenvalue weighted by atomic mass is 35.5. The second kappa shape index (κ2) is 7.59. The van der Waals surface area contributed by atoms with Gasteiger partial charge in [-0.25, -0.2) is 4.79 Å². The zero-order chi connectivity index (χ0) is 16.1. The summed E-state index contributed by atoms with van der Waals surface area (Å²) in [5.74, 6) is -0.323. The lowest BCUT2D eigenvalue weighted by atomic mass is 10.2. The van der Waals surface area contributed by atoms with Crippen molar-refractivity contribution in [3.63, 3.8) is 0 Å². The molecule has 0 aliphatic rings. The summed E-state index contributed by atoms with van der Waals surface area (Å²) >= 11 is 8.97. The van der Waals surface area contributed by atoms with Crippen molar-refractivity contribution in [1.29, 1.82) is 0 Å². The summed E-state index contributed by atoms with van der Waals surface area (Å²) in [4.78, 5) is 14.4. The van der Waals surface area contributed by atoms with Gasteiger partial charge >= 0.3 is 5.97 Å². The highest BCUT2D eigenvalue weighted by Gasteiger charge is 2.15. The smallest absolute Gasteiger partial charge is 0.339 e. The molecule has 0 aliphatic heterocycles. The molecule has 0 unspecified atom stereocenters. The summed E-state index contributed by atoms with van der Waals surface area (Å²) in [6, 6.07) is 15.1. The second-order valence-electron chi connectivity index (χ2n) is 4.75. The van der Waals surface area contributed by atoms with E-state index >= 15 is 0 Å². The van der Waals surface area contributed by atoms with Crippen LogP contribution in [0.5, 0.6) is 0 Å². The molecule has 0 aliphatic carbocycles. The van der Waals surface area contributed by atoms with Crippen molar-refractivity contribution in [3.8, 4) is 0 Å². The molecule has 5 heteroatoms. The molecule has 0 radical (unpaired) electrons. The SMILES string of the molecule is O=C(OCc1ccc(Cl)cc1)/C(=C/c1cccs1)c1cccs1. The van der Waals surface area contributed by atoms with Crippen molar-refractivity contribution >= 4 is 51.9 Å². The predicted octanol–water partition coefficient (Wildman–Crippen LogP) is 5.75. The number of hydrogen-bond acceptors (Lipinski definition) is 4. The number of benzene rings is 1. The lowest BCUT2D eigenvalue weighted by Gasteiger charge is -2.07. The fourth-order valence-corrected chi connectivity index (χ4v) is 3.50. The van der Waals surface area contributed by atoms with Crippen LogP contribution in [0, 0.1) is 0 Å². The molecule has 0 spiro atoms. The van der Waals surface area contributed by atoms with E-state index in [2.05, 4.69) is 0 Å². The number of ether oxygens (including phenoxy) is 1. The maximum atomic E-state index is 12.5. The van der Waals surface area contributed by atoms with Crippen LogP contribution in [0.25, 0.3) is 11.6 Å². The van der Waals surface area contributed by atoms with E-state index in [1.807, 2.05) is 53.2 Å². The van der Waals surface area contributed by atoms with Crippen molar-refractivity contribution in [1.82, 2.24) is 0 Å². The minimum atomic E-state index is -0.323. The van der Waals surface area contributed by atoms with Gasteiger partial charge in [0.2, 0.25) is 0 Å². The highest BCUT2D eigenvalue weighted by Crippen LogP contribution is 2.26. The Morgan fingerprint density at radius 3 is 2.43 bits per heavy atom. The number of carbonyl (C=O) groups excluding carboxylic acids is 1. The summed E-state index contributed by atoms with van der Waals surface area (Å²) in [7, 11) is 0. The van der Waals surface area contributed by atoms with Crippen LogP contribution in [-0.4, -0.2) is 5.97 Å². The van der Waals surface area contributed by atoms with E-state index < -0.39 is 0 Å². The third-order valence-electron chi connectivity index (χ3n) is 3.12. The Morgan fingerprint density at radius 2 is 1.78 bits per heavy atom. The van der Waals surface area contributed by atoms with Gasteiger partial charge in [0, 0.05) is 14.8 Å². The quantitative estimate of drug-likeness (QED) is 0.428. The number of rotatable bonds is 5. The molecule has 1 aromatic carbocycles. The zero-order valence-electron chi connectivity index (χ0n) is 12.1. The molecule has 0 amide bonds. The lowest BCUT2D eigenvalue weighted by Crippen LogP contribution is -2.06. The summed E-state index contributed by atoms with van der Waals surface area (Å²) in [5.41, 5.74) is 1.49. The van der Waals surface area contributed by atoms with E-state index in [0.29, 0.717) is 10.6 Å². The summed E-state index contributed by atoms with van der Waals surface area (Å²) in [5, 5.41) is 4.60. The fourth-order valence-electron chi connectivity index (χ4n) is 1.99. The first kappa shape index (κ1) is 16.0. The molecule has 0 bridgehead atoms. The van der Waals surface area contributed by atoms with Crippen molar-refractivity contribution in [2.24, 2.45) is 0 Å². The molecule has 2 aromatic heterocycles. The first-order valence-corrected chi connectivity index (χ1v) is 9.07. The van der Waals surface area contributed by atoms with E-state index in [-0.39, 0.29) is 12.6 Å². The molecule has 2 heterocycles. The highest BCUT2D eigenvalue weighted by molar-refractivity contribution is 7.12. The predicted molar refractivity (Wildman–Crippen MR) is 97.8 cm³/mol. The molecule has 0 saturated heterocycles. The van der Waals surface area contributed by atoms with E-state index in [0.717, 1.165) is 15.3 Å². The Labute approximate surface area is 147 Å². The number of esters is 1. The largest absolute Gasteiger partial charge is 0.457 e. The zero-order valence-corrected chi connectivity index (χ0v) is 14.5. The molecule has 0 fully saturated rings. The van der Waals surface area contributed by atoms with Crippen molar-refractivity contribution < 1.29 is 9.53 Å². The van der Waals surface area contributed by atoms with Gasteiger partial charge in [-0.1, -0.05) is 35.9 Å². The van der Waals surface area contributed by atoms with Crippen molar-refractivity contribution in [2.75, 3.05) is 0 Å². The van der Waals surface area contributed by atoms with Crippen LogP contribution in [0.2, 0.25) is 5.02 Å². The third kappa shape index (κ3) is 4.32. The van der Waals surface area contributed by atoms with Crippen LogP contribution in [0.4, 0.5) is 0 Å². The molecule has 23 heavy (non-hydrogen) atoms. The maximum absolute atomic E-state index is 12.5. The van der Waals surface area contributed by atoms with Crippen LogP contribution >= 0.6 is 34.3 Å². The topological polar surface area (TPSA) is 26.3 Å². The van der Waals surface area contributed by atoms with Gasteiger partial charge in [-0.2, -0.15) is 0 Å². The van der Waals surface area contributed by atoms with Gasteiger partial charge < -0.3 is 4.74 Å². The van der Waals surface area contributed by atoms with Crippen LogP contribution < -0.4 is 0 Å². The Hall–Kier alpha value is -1.88. The summed E-state index contributed by atoms with van der Waals surface area (Å²) in [6.45, 7) is 0.225. The minimum Gasteiger partial charge on any atom is -0.457 e. The Balaban J connectivity index is 1.77. The maximum Gasteiger partial charge on any atom is 0.339 e. The molecule has 3 rings (SSSR count). The van der Waals surface area contributed by atoms with Gasteiger partial charge in [0.1, 0.15) is 6.61 Å². The third-order valence-corrected chi connectivity index (χ3v) is 5.09. The lowest BCUT2D eigenvalue weighted by molar-refractivity contribution is -0.137. The van der Waals surface area contributed by atoms with Crippen LogP contribution in [0.15, 0.2) is 59.3 Å². The van der Waals surface area contributed by atoms with Gasteiger partial charge in [-0.15, -0.1) is 22.7 Å². The molecule has 116 valence electrons. The van der Waals surface area contributed by atoms with Crippen LogP contribution in [0.1, 0.15) is 15.3 Å². The average Bonchev–Trinajstić information content (AvgIpc) is 3.25. The summed E-state index contributed by atoms with van der Waals surface area (Å²) in [6.07, 6.45) is 1.88. The Kier molecular flexibility index (Phi) is 5.28. The number of hydrogen-bond donors (Lipinski definition) is 0.